The van der Waals surface area contributed by atoms with E-state index < -0.39 is 0 Å². The third-order valence-corrected chi connectivity index (χ3v) is 5.67. The first kappa shape index (κ1) is 24.5. The lowest BCUT2D eigenvalue weighted by atomic mass is 10.1. The van der Waals surface area contributed by atoms with Gasteiger partial charge in [0.2, 0.25) is 0 Å². The van der Waals surface area contributed by atoms with E-state index in [1.54, 1.807) is 0 Å². The Hall–Kier alpha value is -0.513. The van der Waals surface area contributed by atoms with Crippen LogP contribution in [-0.4, -0.2) is 58.4 Å². The Kier molecular flexibility index (Phi) is 16.6. The van der Waals surface area contributed by atoms with E-state index >= 15 is 0 Å². The standard InChI is InChI=1S/C21H46N3Si/c1-7-8-9-10-11-12-13-14-15-16-17-18-19-22-21(23(2)3)24(4)20-25(5)6/h7-20H2,1-6H3. The van der Waals surface area contributed by atoms with Crippen molar-refractivity contribution >= 4 is 14.8 Å². The molecule has 0 unspecified atom stereocenters. The summed E-state index contributed by atoms with van der Waals surface area (Å²) in [6.07, 6.45) is 18.0. The molecule has 0 N–H and O–H groups in total. The molecule has 0 aliphatic carbocycles. The van der Waals surface area contributed by atoms with Gasteiger partial charge in [-0.05, 0) is 6.42 Å². The number of guanidine groups is 1. The fraction of sp³-hybridized carbons (Fsp3) is 0.952. The molecule has 0 aromatic heterocycles. The predicted molar refractivity (Wildman–Crippen MR) is 117 cm³/mol. The second kappa shape index (κ2) is 16.9. The fourth-order valence-corrected chi connectivity index (χ4v) is 4.37. The summed E-state index contributed by atoms with van der Waals surface area (Å²) in [5, 5.41) is 0. The summed E-state index contributed by atoms with van der Waals surface area (Å²) in [5.74, 6) is 1.15. The van der Waals surface area contributed by atoms with E-state index in [4.69, 9.17) is 4.99 Å². The van der Waals surface area contributed by atoms with Gasteiger partial charge < -0.3 is 9.80 Å². The van der Waals surface area contributed by atoms with Gasteiger partial charge >= 0.3 is 0 Å². The van der Waals surface area contributed by atoms with Crippen molar-refractivity contribution in [2.45, 2.75) is 97.1 Å². The van der Waals surface area contributed by atoms with Gasteiger partial charge in [-0.25, -0.2) is 0 Å². The molecule has 0 spiro atoms. The Morgan fingerprint density at radius 2 is 1.16 bits per heavy atom. The van der Waals surface area contributed by atoms with E-state index in [9.17, 15) is 0 Å². The molecule has 0 aliphatic rings. The highest BCUT2D eigenvalue weighted by Gasteiger charge is 2.10. The molecule has 0 amide bonds. The molecule has 25 heavy (non-hydrogen) atoms. The van der Waals surface area contributed by atoms with Crippen molar-refractivity contribution in [2.24, 2.45) is 4.99 Å². The van der Waals surface area contributed by atoms with Crippen LogP contribution < -0.4 is 0 Å². The summed E-state index contributed by atoms with van der Waals surface area (Å²) in [6, 6.07) is 0. The number of hydrogen-bond acceptors (Lipinski definition) is 1. The van der Waals surface area contributed by atoms with Crippen LogP contribution in [0.3, 0.4) is 0 Å². The molecule has 0 aromatic carbocycles. The van der Waals surface area contributed by atoms with Gasteiger partial charge in [-0.2, -0.15) is 0 Å². The van der Waals surface area contributed by atoms with Crippen LogP contribution in [0.15, 0.2) is 4.99 Å². The summed E-state index contributed by atoms with van der Waals surface area (Å²) in [6.45, 7) is 7.99. The van der Waals surface area contributed by atoms with Gasteiger partial charge in [0.1, 0.15) is 0 Å². The molecule has 3 nitrogen and oxygen atoms in total. The van der Waals surface area contributed by atoms with Crippen LogP contribution in [0.25, 0.3) is 0 Å². The Morgan fingerprint density at radius 1 is 0.720 bits per heavy atom. The Labute approximate surface area is 160 Å². The highest BCUT2D eigenvalue weighted by atomic mass is 28.3. The maximum atomic E-state index is 4.84. The first-order chi connectivity index (χ1) is 12.0. The highest BCUT2D eigenvalue weighted by molar-refractivity contribution is 6.56. The van der Waals surface area contributed by atoms with E-state index in [2.05, 4.69) is 51.0 Å². The first-order valence-corrected chi connectivity index (χ1v) is 13.4. The number of aliphatic imine (C=N–C) groups is 1. The van der Waals surface area contributed by atoms with E-state index in [-0.39, 0.29) is 8.80 Å². The van der Waals surface area contributed by atoms with Crippen molar-refractivity contribution < 1.29 is 0 Å². The van der Waals surface area contributed by atoms with Crippen molar-refractivity contribution in [3.05, 3.63) is 0 Å². The van der Waals surface area contributed by atoms with Gasteiger partial charge in [-0.15, -0.1) is 0 Å². The Morgan fingerprint density at radius 3 is 1.56 bits per heavy atom. The van der Waals surface area contributed by atoms with E-state index in [1.807, 2.05) is 0 Å². The van der Waals surface area contributed by atoms with Gasteiger partial charge in [0, 0.05) is 33.9 Å². The predicted octanol–water partition coefficient (Wildman–Crippen LogP) is 5.83. The number of unbranched alkanes of at least 4 members (excludes halogenated alkanes) is 11. The lowest BCUT2D eigenvalue weighted by Gasteiger charge is -2.27. The molecule has 0 aromatic rings. The van der Waals surface area contributed by atoms with Crippen molar-refractivity contribution in [1.82, 2.24) is 9.80 Å². The van der Waals surface area contributed by atoms with E-state index in [0.717, 1.165) is 12.5 Å². The molecule has 1 radical (unpaired) electrons. The van der Waals surface area contributed by atoms with Crippen LogP contribution in [0.4, 0.5) is 0 Å². The monoisotopic (exact) mass is 368 g/mol. The summed E-state index contributed by atoms with van der Waals surface area (Å²) < 4.78 is 0. The zero-order valence-electron chi connectivity index (χ0n) is 18.2. The number of hydrogen-bond donors (Lipinski definition) is 0. The third kappa shape index (κ3) is 15.5. The fourth-order valence-electron chi connectivity index (χ4n) is 3.28. The minimum absolute atomic E-state index is 0.249. The Balaban J connectivity index is 3.62. The molecular formula is C21H46N3Si. The topological polar surface area (TPSA) is 18.8 Å². The minimum atomic E-state index is -0.249. The van der Waals surface area contributed by atoms with Crippen LogP contribution in [-0.2, 0) is 0 Å². The van der Waals surface area contributed by atoms with Crippen molar-refractivity contribution in [3.63, 3.8) is 0 Å². The van der Waals surface area contributed by atoms with Crippen LogP contribution in [0, 0.1) is 0 Å². The normalized spacial score (nSPS) is 12.0. The summed E-state index contributed by atoms with van der Waals surface area (Å²) in [4.78, 5) is 9.33. The maximum Gasteiger partial charge on any atom is 0.195 e. The largest absolute Gasteiger partial charge is 0.349 e. The van der Waals surface area contributed by atoms with Crippen LogP contribution >= 0.6 is 0 Å². The molecule has 0 fully saturated rings. The van der Waals surface area contributed by atoms with Crippen molar-refractivity contribution in [2.75, 3.05) is 33.9 Å². The van der Waals surface area contributed by atoms with Gasteiger partial charge in [0.25, 0.3) is 0 Å². The summed E-state index contributed by atoms with van der Waals surface area (Å²) >= 11 is 0. The molecule has 0 bridgehead atoms. The lowest BCUT2D eigenvalue weighted by molar-refractivity contribution is 0.461. The molecule has 4 heteroatoms. The van der Waals surface area contributed by atoms with Gasteiger partial charge in [-0.3, -0.25) is 4.99 Å². The maximum absolute atomic E-state index is 4.84. The summed E-state index contributed by atoms with van der Waals surface area (Å²) in [5.41, 5.74) is 0. The number of nitrogens with zero attached hydrogens (tertiary/aromatic N) is 3. The average Bonchev–Trinajstić information content (AvgIpc) is 2.54. The Bertz CT molecular complexity index is 316. The van der Waals surface area contributed by atoms with Gasteiger partial charge in [0.05, 0.1) is 8.80 Å². The zero-order valence-corrected chi connectivity index (χ0v) is 19.2. The molecule has 0 heterocycles. The van der Waals surface area contributed by atoms with Gasteiger partial charge in [-0.1, -0.05) is 90.6 Å². The molecule has 0 aliphatic heterocycles. The minimum Gasteiger partial charge on any atom is -0.349 e. The van der Waals surface area contributed by atoms with Crippen LogP contribution in [0.1, 0.15) is 84.0 Å². The van der Waals surface area contributed by atoms with Crippen molar-refractivity contribution in [3.8, 4) is 0 Å². The van der Waals surface area contributed by atoms with E-state index in [0.29, 0.717) is 0 Å². The smallest absolute Gasteiger partial charge is 0.195 e. The van der Waals surface area contributed by atoms with Crippen molar-refractivity contribution in [1.29, 1.82) is 0 Å². The lowest BCUT2D eigenvalue weighted by Crippen LogP contribution is -2.42. The molecule has 0 rings (SSSR count). The molecule has 0 saturated carbocycles. The molecule has 0 saturated heterocycles. The first-order valence-electron chi connectivity index (χ1n) is 10.7. The quantitative estimate of drug-likeness (QED) is 0.157. The third-order valence-electron chi connectivity index (χ3n) is 4.56. The van der Waals surface area contributed by atoms with E-state index in [1.165, 1.54) is 83.2 Å². The second-order valence-corrected chi connectivity index (χ2v) is 10.8. The molecular weight excluding hydrogens is 322 g/mol. The summed E-state index contributed by atoms with van der Waals surface area (Å²) in [7, 11) is 6.14. The van der Waals surface area contributed by atoms with Crippen LogP contribution in [0.2, 0.25) is 13.1 Å². The van der Waals surface area contributed by atoms with Crippen LogP contribution in [0.5, 0.6) is 0 Å². The highest BCUT2D eigenvalue weighted by Crippen LogP contribution is 2.12. The SMILES string of the molecule is CCCCCCCCCCCCCCN=C(N(C)C)N(C)C[Si](C)C. The second-order valence-electron chi connectivity index (χ2n) is 8.03. The molecule has 0 atom stereocenters. The number of rotatable bonds is 15. The molecule has 149 valence electrons. The van der Waals surface area contributed by atoms with Gasteiger partial charge in [0.15, 0.2) is 5.96 Å². The average molecular weight is 369 g/mol. The zero-order chi connectivity index (χ0) is 18.9.